The van der Waals surface area contributed by atoms with Crippen LogP contribution in [0.5, 0.6) is 0 Å². The lowest BCUT2D eigenvalue weighted by molar-refractivity contribution is -0.135. The predicted octanol–water partition coefficient (Wildman–Crippen LogP) is 6.16. The summed E-state index contributed by atoms with van der Waals surface area (Å²) in [4.78, 5) is 17.2. The molecule has 0 amide bonds. The number of nitrogens with zero attached hydrogens (tertiary/aromatic N) is 2. The molecule has 178 valence electrons. The van der Waals surface area contributed by atoms with Gasteiger partial charge in [0.25, 0.3) is 5.56 Å². The van der Waals surface area contributed by atoms with E-state index in [4.69, 9.17) is 4.74 Å². The maximum atomic E-state index is 15.8. The molecule has 0 saturated carbocycles. The number of alkyl halides is 1. The number of allylic oxidation sites excluding steroid dienone is 4. The summed E-state index contributed by atoms with van der Waals surface area (Å²) in [6, 6.07) is 8.25. The molecule has 3 heterocycles. The maximum absolute atomic E-state index is 15.8. The Morgan fingerprint density at radius 2 is 2.03 bits per heavy atom. The second-order valence-corrected chi connectivity index (χ2v) is 8.66. The van der Waals surface area contributed by atoms with E-state index in [9.17, 15) is 9.18 Å². The van der Waals surface area contributed by atoms with Crippen molar-refractivity contribution >= 4 is 28.0 Å². The van der Waals surface area contributed by atoms with Crippen molar-refractivity contribution in [1.29, 1.82) is 0 Å². The van der Waals surface area contributed by atoms with Gasteiger partial charge in [-0.15, -0.1) is 0 Å². The van der Waals surface area contributed by atoms with E-state index in [1.165, 1.54) is 16.8 Å². The van der Waals surface area contributed by atoms with Crippen LogP contribution in [0.2, 0.25) is 0 Å². The highest BCUT2D eigenvalue weighted by atomic mass is 19.1. The van der Waals surface area contributed by atoms with E-state index >= 15 is 4.39 Å². The molecule has 1 aliphatic rings. The van der Waals surface area contributed by atoms with Crippen molar-refractivity contribution in [3.05, 3.63) is 81.6 Å². The van der Waals surface area contributed by atoms with Crippen molar-refractivity contribution in [1.82, 2.24) is 9.55 Å². The quantitative estimate of drug-likeness (QED) is 0.425. The van der Waals surface area contributed by atoms with Crippen LogP contribution in [0, 0.1) is 5.82 Å². The number of aromatic nitrogens is 2. The maximum Gasteiger partial charge on any atom is 0.274 e. The number of pyridine rings is 2. The van der Waals surface area contributed by atoms with Crippen molar-refractivity contribution in [2.24, 2.45) is 7.05 Å². The molecule has 34 heavy (non-hydrogen) atoms. The van der Waals surface area contributed by atoms with Gasteiger partial charge in [0, 0.05) is 29.8 Å². The van der Waals surface area contributed by atoms with E-state index in [1.54, 1.807) is 31.3 Å². The molecule has 1 fully saturated rings. The average Bonchev–Trinajstić information content (AvgIpc) is 2.82. The second kappa shape index (κ2) is 9.50. The minimum Gasteiger partial charge on any atom is -0.374 e. The van der Waals surface area contributed by atoms with Gasteiger partial charge in [0.1, 0.15) is 17.3 Å². The number of rotatable bonds is 7. The van der Waals surface area contributed by atoms with E-state index in [0.717, 1.165) is 24.0 Å². The zero-order chi connectivity index (χ0) is 24.5. The molecule has 0 atom stereocenters. The van der Waals surface area contributed by atoms with Gasteiger partial charge in [-0.1, -0.05) is 37.6 Å². The fourth-order valence-corrected chi connectivity index (χ4v) is 4.01. The van der Waals surface area contributed by atoms with E-state index in [0.29, 0.717) is 27.8 Å². The lowest BCUT2D eigenvalue weighted by Crippen LogP contribution is -2.42. The summed E-state index contributed by atoms with van der Waals surface area (Å²) in [5.41, 5.74) is 1.72. The summed E-state index contributed by atoms with van der Waals surface area (Å²) in [5.74, 6) is -0.0127. The Morgan fingerprint density at radius 3 is 2.62 bits per heavy atom. The predicted molar refractivity (Wildman–Crippen MR) is 133 cm³/mol. The van der Waals surface area contributed by atoms with Crippen LogP contribution in [-0.2, 0) is 17.5 Å². The normalized spacial score (nSPS) is 15.9. The Balaban J connectivity index is 1.77. The first kappa shape index (κ1) is 23.8. The third-order valence-corrected chi connectivity index (χ3v) is 6.35. The lowest BCUT2D eigenvalue weighted by Gasteiger charge is -2.33. The Morgan fingerprint density at radius 1 is 1.26 bits per heavy atom. The molecule has 0 aliphatic carbocycles. The van der Waals surface area contributed by atoms with E-state index < -0.39 is 5.67 Å². The fraction of sp³-hybridized carbons (Fsp3) is 0.333. The van der Waals surface area contributed by atoms with Crippen LogP contribution in [-0.4, -0.2) is 22.8 Å². The van der Waals surface area contributed by atoms with E-state index in [1.807, 2.05) is 32.9 Å². The fourth-order valence-electron chi connectivity index (χ4n) is 4.01. The summed E-state index contributed by atoms with van der Waals surface area (Å²) < 4.78 is 36.7. The number of fused-ring (bicyclic) bond motifs is 1. The Hall–Kier alpha value is -3.32. The van der Waals surface area contributed by atoms with Crippen molar-refractivity contribution in [3.8, 4) is 0 Å². The number of benzene rings is 1. The van der Waals surface area contributed by atoms with Gasteiger partial charge in [-0.2, -0.15) is 0 Å². The monoisotopic (exact) mass is 465 g/mol. The molecule has 0 radical (unpaired) electrons. The highest BCUT2D eigenvalue weighted by Gasteiger charge is 2.40. The molecular formula is C27H29F2N3O2. The molecule has 3 aromatic rings. The molecule has 5 nitrogen and oxygen atoms in total. The van der Waals surface area contributed by atoms with Gasteiger partial charge in [-0.3, -0.25) is 4.79 Å². The molecular weight excluding hydrogens is 436 g/mol. The lowest BCUT2D eigenvalue weighted by atomic mass is 9.96. The van der Waals surface area contributed by atoms with Crippen LogP contribution >= 0.6 is 0 Å². The number of aryl methyl sites for hydroxylation is 1. The highest BCUT2D eigenvalue weighted by molar-refractivity contribution is 5.89. The van der Waals surface area contributed by atoms with Crippen molar-refractivity contribution in [3.63, 3.8) is 0 Å². The van der Waals surface area contributed by atoms with Gasteiger partial charge in [0.2, 0.25) is 0 Å². The van der Waals surface area contributed by atoms with Gasteiger partial charge in [0.05, 0.1) is 18.7 Å². The summed E-state index contributed by atoms with van der Waals surface area (Å²) in [6.07, 6.45) is 7.05. The van der Waals surface area contributed by atoms with Crippen molar-refractivity contribution < 1.29 is 13.5 Å². The summed E-state index contributed by atoms with van der Waals surface area (Å²) >= 11 is 0. The average molecular weight is 466 g/mol. The smallest absolute Gasteiger partial charge is 0.274 e. The SMILES string of the molecule is CC/C=C\C(=C(/C)CC)c1ccc2c(cc(Nc3ccc(C4(F)COC4)cn3)c(=O)n2C)c1F. The zero-order valence-corrected chi connectivity index (χ0v) is 19.9. The number of halogens is 2. The van der Waals surface area contributed by atoms with Crippen LogP contribution in [0.25, 0.3) is 16.5 Å². The minimum absolute atomic E-state index is 0.00959. The molecule has 2 aromatic heterocycles. The first-order valence-corrected chi connectivity index (χ1v) is 11.5. The molecule has 0 bridgehead atoms. The summed E-state index contributed by atoms with van der Waals surface area (Å²) in [5, 5.41) is 3.31. The third kappa shape index (κ3) is 4.28. The van der Waals surface area contributed by atoms with Gasteiger partial charge in [-0.05, 0) is 49.6 Å². The molecule has 1 aromatic carbocycles. The summed E-state index contributed by atoms with van der Waals surface area (Å²) in [7, 11) is 1.61. The van der Waals surface area contributed by atoms with Crippen molar-refractivity contribution in [2.75, 3.05) is 18.5 Å². The Labute approximate surface area is 197 Å². The highest BCUT2D eigenvalue weighted by Crippen LogP contribution is 2.34. The first-order chi connectivity index (χ1) is 16.3. The molecule has 1 saturated heterocycles. The van der Waals surface area contributed by atoms with E-state index in [-0.39, 0.29) is 30.3 Å². The molecule has 4 rings (SSSR count). The molecule has 1 N–H and O–H groups in total. The van der Waals surface area contributed by atoms with Crippen LogP contribution in [0.1, 0.15) is 44.7 Å². The van der Waals surface area contributed by atoms with E-state index in [2.05, 4.69) is 10.3 Å². The van der Waals surface area contributed by atoms with Gasteiger partial charge in [0.15, 0.2) is 5.67 Å². The van der Waals surface area contributed by atoms with Gasteiger partial charge < -0.3 is 14.6 Å². The van der Waals surface area contributed by atoms with Crippen LogP contribution in [0.15, 0.2) is 59.0 Å². The molecule has 0 spiro atoms. The van der Waals surface area contributed by atoms with Gasteiger partial charge in [-0.25, -0.2) is 13.8 Å². The number of hydrogen-bond donors (Lipinski definition) is 1. The number of hydrogen-bond acceptors (Lipinski definition) is 4. The van der Waals surface area contributed by atoms with Crippen molar-refractivity contribution in [2.45, 2.75) is 39.3 Å². The third-order valence-electron chi connectivity index (χ3n) is 6.35. The molecule has 0 unspecified atom stereocenters. The zero-order valence-electron chi connectivity index (χ0n) is 19.9. The second-order valence-electron chi connectivity index (χ2n) is 8.66. The Kier molecular flexibility index (Phi) is 6.66. The van der Waals surface area contributed by atoms with Gasteiger partial charge >= 0.3 is 0 Å². The molecule has 7 heteroatoms. The standard InChI is InChI=1S/C27H29F2N3O2/c1-5-7-8-19(17(3)6-2)20-10-11-23-21(25(20)28)13-22(26(33)32(23)4)31-24-12-9-18(14-30-24)27(29)15-34-16-27/h7-14H,5-6,15-16H2,1-4H3,(H,30,31)/b8-7-,19-17-. The topological polar surface area (TPSA) is 56.1 Å². The van der Waals surface area contributed by atoms with Crippen LogP contribution in [0.4, 0.5) is 20.3 Å². The summed E-state index contributed by atoms with van der Waals surface area (Å²) in [6.45, 7) is 6.10. The number of anilines is 2. The van der Waals surface area contributed by atoms with Crippen LogP contribution in [0.3, 0.4) is 0 Å². The largest absolute Gasteiger partial charge is 0.374 e. The number of nitrogens with one attached hydrogen (secondary N) is 1. The molecule has 1 aliphatic heterocycles. The first-order valence-electron chi connectivity index (χ1n) is 11.5. The van der Waals surface area contributed by atoms with Crippen LogP contribution < -0.4 is 10.9 Å². The Bertz CT molecular complexity index is 1340. The number of ether oxygens (including phenoxy) is 1. The minimum atomic E-state index is -1.52.